The third-order valence-electron chi connectivity index (χ3n) is 5.77. The summed E-state index contributed by atoms with van der Waals surface area (Å²) >= 11 is 1.89. The largest absolute Gasteiger partial charge is 0.346 e. The molecular weight excluding hydrogens is 340 g/mol. The lowest BCUT2D eigenvalue weighted by atomic mass is 9.96. The van der Waals surface area contributed by atoms with Crippen LogP contribution in [0.1, 0.15) is 34.9 Å². The lowest BCUT2D eigenvalue weighted by molar-refractivity contribution is 0.268. The molecule has 1 aliphatic carbocycles. The van der Waals surface area contributed by atoms with Crippen molar-refractivity contribution < 1.29 is 0 Å². The Labute approximate surface area is 158 Å². The highest BCUT2D eigenvalue weighted by molar-refractivity contribution is 7.19. The van der Waals surface area contributed by atoms with Crippen LogP contribution in [0.4, 0.5) is 5.82 Å². The quantitative estimate of drug-likeness (QED) is 0.686. The standard InChI is InChI=1S/C21H24N4S/c1-24-11-12-25(17(13-24)15-7-3-2-4-8-15)20-19-16-9-5-6-10-18(16)26-21(19)23-14-22-20/h2-4,7-8,14,17H,5-6,9-13H2,1H3/t17-/m1/s1. The van der Waals surface area contributed by atoms with Gasteiger partial charge in [-0.1, -0.05) is 30.3 Å². The van der Waals surface area contributed by atoms with Gasteiger partial charge in [0.05, 0.1) is 11.4 Å². The molecule has 0 unspecified atom stereocenters. The molecule has 1 atom stereocenters. The van der Waals surface area contributed by atoms with Crippen LogP contribution < -0.4 is 4.90 Å². The minimum Gasteiger partial charge on any atom is -0.346 e. The molecule has 0 amide bonds. The molecule has 1 aliphatic heterocycles. The Bertz CT molecular complexity index is 920. The Kier molecular flexibility index (Phi) is 4.14. The summed E-state index contributed by atoms with van der Waals surface area (Å²) in [5.74, 6) is 1.15. The predicted octanol–water partition coefficient (Wildman–Crippen LogP) is 4.06. The van der Waals surface area contributed by atoms with Crippen molar-refractivity contribution in [1.29, 1.82) is 0 Å². The molecule has 0 N–H and O–H groups in total. The van der Waals surface area contributed by atoms with Crippen molar-refractivity contribution in [3.63, 3.8) is 0 Å². The maximum absolute atomic E-state index is 4.81. The number of aromatic nitrogens is 2. The topological polar surface area (TPSA) is 32.3 Å². The molecule has 0 spiro atoms. The molecule has 2 aromatic heterocycles. The van der Waals surface area contributed by atoms with E-state index in [1.165, 1.54) is 47.0 Å². The van der Waals surface area contributed by atoms with Crippen LogP contribution in [0.15, 0.2) is 36.7 Å². The molecule has 1 fully saturated rings. The van der Waals surface area contributed by atoms with Crippen molar-refractivity contribution in [2.75, 3.05) is 31.6 Å². The van der Waals surface area contributed by atoms with Crippen molar-refractivity contribution in [1.82, 2.24) is 14.9 Å². The van der Waals surface area contributed by atoms with Gasteiger partial charge in [-0.2, -0.15) is 0 Å². The van der Waals surface area contributed by atoms with Crippen LogP contribution in [0.2, 0.25) is 0 Å². The van der Waals surface area contributed by atoms with E-state index in [1.807, 2.05) is 11.3 Å². The van der Waals surface area contributed by atoms with E-state index in [1.54, 1.807) is 11.2 Å². The minimum absolute atomic E-state index is 0.340. The number of thiophene rings is 1. The van der Waals surface area contributed by atoms with Crippen LogP contribution in [0.5, 0.6) is 0 Å². The Hall–Kier alpha value is -1.98. The van der Waals surface area contributed by atoms with Gasteiger partial charge in [-0.05, 0) is 43.9 Å². The van der Waals surface area contributed by atoms with E-state index in [-0.39, 0.29) is 0 Å². The first-order chi connectivity index (χ1) is 12.8. The van der Waals surface area contributed by atoms with Gasteiger partial charge in [-0.3, -0.25) is 0 Å². The first-order valence-corrected chi connectivity index (χ1v) is 10.4. The van der Waals surface area contributed by atoms with Crippen molar-refractivity contribution in [3.8, 4) is 0 Å². The average molecular weight is 365 g/mol. The molecule has 0 saturated carbocycles. The summed E-state index contributed by atoms with van der Waals surface area (Å²) < 4.78 is 0. The van der Waals surface area contributed by atoms with E-state index in [2.05, 4.69) is 52.2 Å². The molecule has 3 aromatic rings. The highest BCUT2D eigenvalue weighted by Gasteiger charge is 2.30. The van der Waals surface area contributed by atoms with Crippen molar-refractivity contribution in [2.24, 2.45) is 0 Å². The van der Waals surface area contributed by atoms with E-state index in [0.29, 0.717) is 6.04 Å². The Balaban J connectivity index is 1.64. The number of fused-ring (bicyclic) bond motifs is 3. The molecule has 1 saturated heterocycles. The van der Waals surface area contributed by atoms with Gasteiger partial charge in [0.2, 0.25) is 0 Å². The number of piperazine rings is 1. The molecule has 5 heteroatoms. The van der Waals surface area contributed by atoms with Crippen molar-refractivity contribution >= 4 is 27.4 Å². The second kappa shape index (κ2) is 6.63. The number of anilines is 1. The smallest absolute Gasteiger partial charge is 0.141 e. The van der Waals surface area contributed by atoms with Crippen molar-refractivity contribution in [3.05, 3.63) is 52.7 Å². The monoisotopic (exact) mass is 364 g/mol. The third kappa shape index (κ3) is 2.70. The highest BCUT2D eigenvalue weighted by Crippen LogP contribution is 2.41. The SMILES string of the molecule is CN1CCN(c2ncnc3sc4c(c23)CCCC4)[C@@H](c2ccccc2)C1. The number of nitrogens with zero attached hydrogens (tertiary/aromatic N) is 4. The first kappa shape index (κ1) is 16.2. The fourth-order valence-corrected chi connectivity index (χ4v) is 5.65. The zero-order valence-corrected chi connectivity index (χ0v) is 16.0. The molecule has 4 nitrogen and oxygen atoms in total. The van der Waals surface area contributed by atoms with Gasteiger partial charge in [0, 0.05) is 24.5 Å². The predicted molar refractivity (Wildman–Crippen MR) is 108 cm³/mol. The van der Waals surface area contributed by atoms with E-state index >= 15 is 0 Å². The van der Waals surface area contributed by atoms with Crippen LogP contribution in [0.3, 0.4) is 0 Å². The molecular formula is C21H24N4S. The van der Waals surface area contributed by atoms with Gasteiger partial charge >= 0.3 is 0 Å². The fourth-order valence-electron chi connectivity index (χ4n) is 4.42. The van der Waals surface area contributed by atoms with Gasteiger partial charge in [0.15, 0.2) is 0 Å². The molecule has 0 radical (unpaired) electrons. The highest BCUT2D eigenvalue weighted by atomic mass is 32.1. The maximum atomic E-state index is 4.81. The zero-order valence-electron chi connectivity index (χ0n) is 15.2. The second-order valence-corrected chi connectivity index (χ2v) is 8.55. The van der Waals surface area contributed by atoms with Crippen molar-refractivity contribution in [2.45, 2.75) is 31.7 Å². The first-order valence-electron chi connectivity index (χ1n) is 9.56. The molecule has 0 bridgehead atoms. The fraction of sp³-hybridized carbons (Fsp3) is 0.429. The number of hydrogen-bond acceptors (Lipinski definition) is 5. The molecule has 2 aliphatic rings. The van der Waals surface area contributed by atoms with Crippen LogP contribution in [-0.4, -0.2) is 41.5 Å². The molecule has 1 aromatic carbocycles. The van der Waals surface area contributed by atoms with Gasteiger partial charge in [0.25, 0.3) is 0 Å². The molecule has 5 rings (SSSR count). The van der Waals surface area contributed by atoms with Gasteiger partial charge < -0.3 is 9.80 Å². The molecule has 3 heterocycles. The molecule has 26 heavy (non-hydrogen) atoms. The second-order valence-electron chi connectivity index (χ2n) is 7.47. The van der Waals surface area contributed by atoms with Crippen LogP contribution in [0, 0.1) is 0 Å². The maximum Gasteiger partial charge on any atom is 0.141 e. The summed E-state index contributed by atoms with van der Waals surface area (Å²) in [6, 6.07) is 11.2. The lowest BCUT2D eigenvalue weighted by Crippen LogP contribution is -2.47. The summed E-state index contributed by atoms with van der Waals surface area (Å²) in [5.41, 5.74) is 2.90. The Morgan fingerprint density at radius 2 is 1.88 bits per heavy atom. The van der Waals surface area contributed by atoms with Gasteiger partial charge in [0.1, 0.15) is 17.0 Å². The number of aryl methyl sites for hydroxylation is 2. The summed E-state index contributed by atoms with van der Waals surface area (Å²) in [6.07, 6.45) is 6.75. The average Bonchev–Trinajstić information content (AvgIpc) is 3.07. The van der Waals surface area contributed by atoms with E-state index in [4.69, 9.17) is 4.98 Å². The number of hydrogen-bond donors (Lipinski definition) is 0. The Morgan fingerprint density at radius 1 is 1.04 bits per heavy atom. The van der Waals surface area contributed by atoms with E-state index < -0.39 is 0 Å². The Morgan fingerprint density at radius 3 is 2.77 bits per heavy atom. The summed E-state index contributed by atoms with van der Waals surface area (Å²) in [5, 5.41) is 1.33. The number of benzene rings is 1. The number of rotatable bonds is 2. The lowest BCUT2D eigenvalue weighted by Gasteiger charge is -2.41. The summed E-state index contributed by atoms with van der Waals surface area (Å²) in [6.45, 7) is 3.11. The van der Waals surface area contributed by atoms with Crippen LogP contribution in [-0.2, 0) is 12.8 Å². The van der Waals surface area contributed by atoms with Crippen LogP contribution in [0.25, 0.3) is 10.2 Å². The van der Waals surface area contributed by atoms with E-state index in [9.17, 15) is 0 Å². The van der Waals surface area contributed by atoms with Crippen LogP contribution >= 0.6 is 11.3 Å². The summed E-state index contributed by atoms with van der Waals surface area (Å²) in [7, 11) is 2.22. The normalized spacial score (nSPS) is 21.1. The zero-order chi connectivity index (χ0) is 17.5. The van der Waals surface area contributed by atoms with Gasteiger partial charge in [-0.25, -0.2) is 9.97 Å². The number of likely N-dealkylation sites (N-methyl/N-ethyl adjacent to an activating group) is 1. The van der Waals surface area contributed by atoms with Gasteiger partial charge in [-0.15, -0.1) is 11.3 Å². The summed E-state index contributed by atoms with van der Waals surface area (Å²) in [4.78, 5) is 17.1. The molecule has 134 valence electrons. The van der Waals surface area contributed by atoms with E-state index in [0.717, 1.165) is 25.5 Å². The third-order valence-corrected chi connectivity index (χ3v) is 6.97. The minimum atomic E-state index is 0.340.